The number of para-hydroxylation sites is 2. The van der Waals surface area contributed by atoms with Crippen LogP contribution in [0.2, 0.25) is 5.02 Å². The Bertz CT molecular complexity index is 1210. The molecule has 2 aromatic heterocycles. The van der Waals surface area contributed by atoms with Crippen molar-refractivity contribution in [3.05, 3.63) is 65.6 Å². The fraction of sp³-hybridized carbons (Fsp3) is 0.111. The van der Waals surface area contributed by atoms with E-state index in [4.69, 9.17) is 16.0 Å². The van der Waals surface area contributed by atoms with Crippen LogP contribution in [0.5, 0.6) is 0 Å². The van der Waals surface area contributed by atoms with Crippen LogP contribution in [0.3, 0.4) is 0 Å². The molecule has 2 aromatic carbocycles. The highest BCUT2D eigenvalue weighted by Crippen LogP contribution is 2.25. The van der Waals surface area contributed by atoms with Gasteiger partial charge in [-0.25, -0.2) is 18.4 Å². The van der Waals surface area contributed by atoms with Gasteiger partial charge in [-0.1, -0.05) is 35.9 Å². The zero-order chi connectivity index (χ0) is 18.3. The van der Waals surface area contributed by atoms with Crippen molar-refractivity contribution in [2.45, 2.75) is 11.7 Å². The number of aromatic nitrogens is 3. The van der Waals surface area contributed by atoms with Crippen LogP contribution in [0.15, 0.2) is 64.3 Å². The van der Waals surface area contributed by atoms with Crippen LogP contribution in [-0.2, 0) is 16.4 Å². The van der Waals surface area contributed by atoms with Crippen molar-refractivity contribution >= 4 is 32.5 Å². The third-order valence-electron chi connectivity index (χ3n) is 3.91. The molecule has 6 nitrogen and oxygen atoms in total. The van der Waals surface area contributed by atoms with E-state index >= 15 is 0 Å². The van der Waals surface area contributed by atoms with Gasteiger partial charge in [-0.15, -0.1) is 0 Å². The summed E-state index contributed by atoms with van der Waals surface area (Å²) in [5, 5.41) is 0.585. The standard InChI is InChI=1S/C18H14ClN3O3S/c1-26(23,24)18-21-14-7-2-3-8-15(14)22(18)11-17-20-10-16(25-17)12-5-4-6-13(19)9-12/h2-10H,11H2,1H3. The molecule has 0 aliphatic rings. The maximum Gasteiger partial charge on any atom is 0.228 e. The van der Waals surface area contributed by atoms with Gasteiger partial charge in [0.15, 0.2) is 5.76 Å². The van der Waals surface area contributed by atoms with Crippen molar-refractivity contribution in [2.24, 2.45) is 0 Å². The molecule has 4 rings (SSSR count). The highest BCUT2D eigenvalue weighted by atomic mass is 35.5. The fourth-order valence-corrected chi connectivity index (χ4v) is 3.80. The predicted octanol–water partition coefficient (Wildman–Crippen LogP) is 3.80. The van der Waals surface area contributed by atoms with E-state index in [9.17, 15) is 8.42 Å². The lowest BCUT2D eigenvalue weighted by molar-refractivity contribution is 0.479. The van der Waals surface area contributed by atoms with Gasteiger partial charge in [-0.05, 0) is 24.3 Å². The van der Waals surface area contributed by atoms with Crippen LogP contribution < -0.4 is 0 Å². The Morgan fingerprint density at radius 3 is 2.73 bits per heavy atom. The van der Waals surface area contributed by atoms with Gasteiger partial charge in [0, 0.05) is 16.8 Å². The lowest BCUT2D eigenvalue weighted by Crippen LogP contribution is -2.10. The molecule has 26 heavy (non-hydrogen) atoms. The number of hydrogen-bond acceptors (Lipinski definition) is 5. The van der Waals surface area contributed by atoms with Gasteiger partial charge in [0.05, 0.1) is 17.2 Å². The monoisotopic (exact) mass is 387 g/mol. The van der Waals surface area contributed by atoms with E-state index in [1.54, 1.807) is 29.0 Å². The first-order valence-electron chi connectivity index (χ1n) is 7.78. The highest BCUT2D eigenvalue weighted by Gasteiger charge is 2.20. The number of rotatable bonds is 4. The smallest absolute Gasteiger partial charge is 0.228 e. The summed E-state index contributed by atoms with van der Waals surface area (Å²) >= 11 is 6.01. The number of benzene rings is 2. The zero-order valence-electron chi connectivity index (χ0n) is 13.8. The number of nitrogens with zero attached hydrogens (tertiary/aromatic N) is 3. The molecule has 0 N–H and O–H groups in total. The molecule has 4 aromatic rings. The second-order valence-corrected chi connectivity index (χ2v) is 8.22. The van der Waals surface area contributed by atoms with Gasteiger partial charge in [-0.3, -0.25) is 0 Å². The number of hydrogen-bond donors (Lipinski definition) is 0. The average molecular weight is 388 g/mol. The van der Waals surface area contributed by atoms with Crippen LogP contribution in [0.25, 0.3) is 22.4 Å². The van der Waals surface area contributed by atoms with Crippen LogP contribution in [-0.4, -0.2) is 29.2 Å². The van der Waals surface area contributed by atoms with Gasteiger partial charge in [0.1, 0.15) is 6.54 Å². The molecular weight excluding hydrogens is 374 g/mol. The Labute approximate surface area is 155 Å². The van der Waals surface area contributed by atoms with Crippen molar-refractivity contribution in [3.63, 3.8) is 0 Å². The molecule has 0 saturated heterocycles. The third kappa shape index (κ3) is 3.11. The van der Waals surface area contributed by atoms with Gasteiger partial charge in [0.25, 0.3) is 0 Å². The normalized spacial score (nSPS) is 11.9. The number of oxazole rings is 1. The van der Waals surface area contributed by atoms with E-state index in [1.807, 2.05) is 30.3 Å². The third-order valence-corrected chi connectivity index (χ3v) is 5.12. The zero-order valence-corrected chi connectivity index (χ0v) is 15.3. The van der Waals surface area contributed by atoms with Gasteiger partial charge >= 0.3 is 0 Å². The second-order valence-electron chi connectivity index (χ2n) is 5.87. The largest absolute Gasteiger partial charge is 0.439 e. The SMILES string of the molecule is CS(=O)(=O)c1nc2ccccc2n1Cc1ncc(-c2cccc(Cl)c2)o1. The summed E-state index contributed by atoms with van der Waals surface area (Å²) in [5.41, 5.74) is 2.11. The first-order chi connectivity index (χ1) is 12.4. The van der Waals surface area contributed by atoms with E-state index in [0.717, 1.165) is 11.8 Å². The molecule has 132 valence electrons. The minimum Gasteiger partial charge on any atom is -0.439 e. The first-order valence-corrected chi connectivity index (χ1v) is 10.0. The van der Waals surface area contributed by atoms with Crippen LogP contribution >= 0.6 is 11.6 Å². The minimum atomic E-state index is -3.50. The van der Waals surface area contributed by atoms with Crippen LogP contribution in [0, 0.1) is 0 Å². The molecule has 2 heterocycles. The van der Waals surface area contributed by atoms with Gasteiger partial charge in [-0.2, -0.15) is 0 Å². The number of sulfone groups is 1. The summed E-state index contributed by atoms with van der Waals surface area (Å²) in [5.74, 6) is 0.945. The van der Waals surface area contributed by atoms with Crippen LogP contribution in [0.1, 0.15) is 5.89 Å². The summed E-state index contributed by atoms with van der Waals surface area (Å²) < 4.78 is 31.7. The molecule has 0 fully saturated rings. The summed E-state index contributed by atoms with van der Waals surface area (Å²) in [4.78, 5) is 8.52. The summed E-state index contributed by atoms with van der Waals surface area (Å²) in [6.07, 6.45) is 2.73. The molecule has 0 radical (unpaired) electrons. The Balaban J connectivity index is 1.77. The van der Waals surface area contributed by atoms with E-state index in [-0.39, 0.29) is 11.7 Å². The first kappa shape index (κ1) is 16.8. The molecule has 0 saturated carbocycles. The molecular formula is C18H14ClN3O3S. The highest BCUT2D eigenvalue weighted by molar-refractivity contribution is 7.90. The van der Waals surface area contributed by atoms with Gasteiger partial charge in [0.2, 0.25) is 20.9 Å². The maximum atomic E-state index is 12.1. The fourth-order valence-electron chi connectivity index (χ4n) is 2.78. The number of halogens is 1. The van der Waals surface area contributed by atoms with E-state index in [1.165, 1.54) is 0 Å². The molecule has 0 bridgehead atoms. The second kappa shape index (κ2) is 6.26. The molecule has 0 aliphatic heterocycles. The molecule has 0 spiro atoms. The number of imidazole rings is 1. The topological polar surface area (TPSA) is 78.0 Å². The minimum absolute atomic E-state index is 0.0128. The van der Waals surface area contributed by atoms with E-state index in [2.05, 4.69) is 9.97 Å². The van der Waals surface area contributed by atoms with Crippen molar-refractivity contribution in [1.82, 2.24) is 14.5 Å². The summed E-state index contributed by atoms with van der Waals surface area (Å²) in [7, 11) is -3.50. The Morgan fingerprint density at radius 1 is 1.15 bits per heavy atom. The maximum absolute atomic E-state index is 12.1. The lowest BCUT2D eigenvalue weighted by Gasteiger charge is -2.05. The molecule has 0 unspecified atom stereocenters. The molecule has 0 amide bonds. The molecule has 0 atom stereocenters. The van der Waals surface area contributed by atoms with E-state index < -0.39 is 9.84 Å². The van der Waals surface area contributed by atoms with E-state index in [0.29, 0.717) is 27.7 Å². The summed E-state index contributed by atoms with van der Waals surface area (Å²) in [6.45, 7) is 0.156. The van der Waals surface area contributed by atoms with Crippen LogP contribution in [0.4, 0.5) is 0 Å². The Morgan fingerprint density at radius 2 is 1.96 bits per heavy atom. The Kier molecular flexibility index (Phi) is 4.05. The Hall–Kier alpha value is -2.64. The molecule has 0 aliphatic carbocycles. The molecule has 8 heteroatoms. The van der Waals surface area contributed by atoms with Crippen molar-refractivity contribution in [2.75, 3.05) is 6.26 Å². The summed E-state index contributed by atoms with van der Waals surface area (Å²) in [6, 6.07) is 14.5. The predicted molar refractivity (Wildman–Crippen MR) is 98.9 cm³/mol. The van der Waals surface area contributed by atoms with Gasteiger partial charge < -0.3 is 8.98 Å². The average Bonchev–Trinajstić information content (AvgIpc) is 3.20. The lowest BCUT2D eigenvalue weighted by atomic mass is 10.2. The number of fused-ring (bicyclic) bond motifs is 1. The van der Waals surface area contributed by atoms with Crippen molar-refractivity contribution in [1.29, 1.82) is 0 Å². The van der Waals surface area contributed by atoms with Crippen molar-refractivity contribution in [3.8, 4) is 11.3 Å². The quantitative estimate of drug-likeness (QED) is 0.532. The van der Waals surface area contributed by atoms with Crippen molar-refractivity contribution < 1.29 is 12.8 Å².